The van der Waals surface area contributed by atoms with Crippen molar-refractivity contribution in [3.63, 3.8) is 0 Å². The highest BCUT2D eigenvalue weighted by Gasteiger charge is 2.12. The van der Waals surface area contributed by atoms with Crippen LogP contribution in [0, 0.1) is 0 Å². The van der Waals surface area contributed by atoms with Crippen LogP contribution >= 0.6 is 27.7 Å². The number of aliphatic hydroxyl groups is 1. The van der Waals surface area contributed by atoms with Gasteiger partial charge in [-0.2, -0.15) is 4.98 Å². The number of ether oxygens (including phenoxy) is 1. The Balaban J connectivity index is 1.88. The first-order valence-electron chi connectivity index (χ1n) is 6.05. The Morgan fingerprint density at radius 1 is 1.45 bits per heavy atom. The van der Waals surface area contributed by atoms with E-state index < -0.39 is 6.10 Å². The molecule has 1 unspecified atom stereocenters. The molecule has 1 heterocycles. The van der Waals surface area contributed by atoms with Gasteiger partial charge in [-0.15, -0.1) is 11.8 Å². The van der Waals surface area contributed by atoms with Crippen LogP contribution in [-0.2, 0) is 16.9 Å². The Kier molecular flexibility index (Phi) is 6.03. The molecule has 0 saturated heterocycles. The van der Waals surface area contributed by atoms with Gasteiger partial charge in [-0.3, -0.25) is 0 Å². The predicted molar refractivity (Wildman–Crippen MR) is 79.6 cm³/mol. The number of rotatable bonds is 7. The Hall–Kier alpha value is -0.890. The van der Waals surface area contributed by atoms with Crippen molar-refractivity contribution >= 4 is 27.7 Å². The van der Waals surface area contributed by atoms with Gasteiger partial charge in [0.1, 0.15) is 0 Å². The van der Waals surface area contributed by atoms with Gasteiger partial charge in [0, 0.05) is 16.5 Å². The normalized spacial score (nSPS) is 12.6. The van der Waals surface area contributed by atoms with Gasteiger partial charge >= 0.3 is 0 Å². The van der Waals surface area contributed by atoms with E-state index in [1.807, 2.05) is 24.3 Å². The zero-order chi connectivity index (χ0) is 14.4. The van der Waals surface area contributed by atoms with Crippen LogP contribution in [0.5, 0.6) is 0 Å². The zero-order valence-corrected chi connectivity index (χ0v) is 13.4. The van der Waals surface area contributed by atoms with Crippen molar-refractivity contribution in [3.8, 4) is 0 Å². The first kappa shape index (κ1) is 15.5. The highest BCUT2D eigenvalue weighted by Crippen LogP contribution is 2.28. The van der Waals surface area contributed by atoms with Crippen LogP contribution in [0.2, 0.25) is 0 Å². The van der Waals surface area contributed by atoms with Crippen molar-refractivity contribution < 1.29 is 14.4 Å². The van der Waals surface area contributed by atoms with Crippen LogP contribution in [0.15, 0.2) is 38.2 Å². The fraction of sp³-hybridized carbons (Fsp3) is 0.385. The molecule has 2 rings (SSSR count). The molecule has 2 aromatic rings. The molecule has 1 N–H and O–H groups in total. The molecular formula is C13H15BrN2O3S. The van der Waals surface area contributed by atoms with Crippen LogP contribution in [0.3, 0.4) is 0 Å². The van der Waals surface area contributed by atoms with E-state index in [1.165, 1.54) is 7.11 Å². The molecule has 1 aromatic heterocycles. The monoisotopic (exact) mass is 358 g/mol. The lowest BCUT2D eigenvalue weighted by molar-refractivity contribution is 0.0599. The summed E-state index contributed by atoms with van der Waals surface area (Å²) < 4.78 is 11.0. The summed E-state index contributed by atoms with van der Waals surface area (Å²) in [6.45, 7) is 0.253. The Morgan fingerprint density at radius 3 is 3.00 bits per heavy atom. The molecule has 0 saturated carbocycles. The molecule has 108 valence electrons. The molecule has 0 amide bonds. The number of hydrogen-bond donors (Lipinski definition) is 1. The Labute approximate surface area is 129 Å². The molecule has 7 heteroatoms. The van der Waals surface area contributed by atoms with Gasteiger partial charge in [-0.05, 0) is 28.1 Å². The third-order valence-corrected chi connectivity index (χ3v) is 4.50. The molecule has 20 heavy (non-hydrogen) atoms. The van der Waals surface area contributed by atoms with E-state index in [9.17, 15) is 5.11 Å². The molecule has 0 aliphatic heterocycles. The second-order valence-electron chi connectivity index (χ2n) is 4.14. The summed E-state index contributed by atoms with van der Waals surface area (Å²) in [5, 5.41) is 13.5. The van der Waals surface area contributed by atoms with E-state index >= 15 is 0 Å². The summed E-state index contributed by atoms with van der Waals surface area (Å²) in [5.41, 5.74) is 0. The summed E-state index contributed by atoms with van der Waals surface area (Å²) in [5.74, 6) is 1.66. The SMILES string of the molecule is COCC(O)Cc1nc(CSc2ccccc2Br)no1. The summed E-state index contributed by atoms with van der Waals surface area (Å²) >= 11 is 5.12. The maximum atomic E-state index is 9.59. The molecule has 0 bridgehead atoms. The largest absolute Gasteiger partial charge is 0.390 e. The van der Waals surface area contributed by atoms with E-state index in [-0.39, 0.29) is 6.61 Å². The minimum absolute atomic E-state index is 0.253. The van der Waals surface area contributed by atoms with Crippen molar-refractivity contribution in [1.82, 2.24) is 10.1 Å². The minimum atomic E-state index is -0.621. The third kappa shape index (κ3) is 4.59. The molecule has 0 radical (unpaired) electrons. The van der Waals surface area contributed by atoms with Crippen molar-refractivity contribution in [3.05, 3.63) is 40.5 Å². The second kappa shape index (κ2) is 7.78. The van der Waals surface area contributed by atoms with E-state index in [1.54, 1.807) is 11.8 Å². The maximum Gasteiger partial charge on any atom is 0.229 e. The van der Waals surface area contributed by atoms with Gasteiger partial charge in [0.15, 0.2) is 5.82 Å². The summed E-state index contributed by atoms with van der Waals surface area (Å²) in [6, 6.07) is 7.97. The van der Waals surface area contributed by atoms with Crippen molar-refractivity contribution in [1.29, 1.82) is 0 Å². The lowest BCUT2D eigenvalue weighted by Crippen LogP contribution is -2.17. The first-order valence-corrected chi connectivity index (χ1v) is 7.82. The summed E-state index contributed by atoms with van der Waals surface area (Å²) in [4.78, 5) is 5.37. The van der Waals surface area contributed by atoms with Crippen LogP contribution in [0.25, 0.3) is 0 Å². The van der Waals surface area contributed by atoms with Crippen LogP contribution < -0.4 is 0 Å². The van der Waals surface area contributed by atoms with Crippen LogP contribution in [0.1, 0.15) is 11.7 Å². The molecule has 0 fully saturated rings. The average Bonchev–Trinajstić information content (AvgIpc) is 2.85. The second-order valence-corrected chi connectivity index (χ2v) is 6.01. The number of benzene rings is 1. The molecule has 1 aromatic carbocycles. The molecule has 0 aliphatic rings. The highest BCUT2D eigenvalue weighted by molar-refractivity contribution is 9.10. The number of thioether (sulfide) groups is 1. The first-order chi connectivity index (χ1) is 9.69. The third-order valence-electron chi connectivity index (χ3n) is 2.47. The maximum absolute atomic E-state index is 9.59. The Morgan fingerprint density at radius 2 is 2.25 bits per heavy atom. The van der Waals surface area contributed by atoms with E-state index in [0.29, 0.717) is 23.9 Å². The topological polar surface area (TPSA) is 68.4 Å². The van der Waals surface area contributed by atoms with E-state index in [4.69, 9.17) is 9.26 Å². The predicted octanol–water partition coefficient (Wildman–Crippen LogP) is 2.67. The van der Waals surface area contributed by atoms with E-state index in [0.717, 1.165) is 9.37 Å². The zero-order valence-electron chi connectivity index (χ0n) is 11.0. The number of hydrogen-bond acceptors (Lipinski definition) is 6. The Bertz CT molecular complexity index is 550. The average molecular weight is 359 g/mol. The molecular weight excluding hydrogens is 344 g/mol. The molecule has 1 atom stereocenters. The van der Waals surface area contributed by atoms with Crippen molar-refractivity contribution in [2.45, 2.75) is 23.2 Å². The highest BCUT2D eigenvalue weighted by atomic mass is 79.9. The van der Waals surface area contributed by atoms with Gasteiger partial charge in [-0.25, -0.2) is 0 Å². The van der Waals surface area contributed by atoms with E-state index in [2.05, 4.69) is 26.1 Å². The fourth-order valence-electron chi connectivity index (χ4n) is 1.59. The molecule has 0 spiro atoms. The van der Waals surface area contributed by atoms with Gasteiger partial charge < -0.3 is 14.4 Å². The van der Waals surface area contributed by atoms with Gasteiger partial charge in [0.25, 0.3) is 0 Å². The number of halogens is 1. The fourth-order valence-corrected chi connectivity index (χ4v) is 3.00. The molecule has 0 aliphatic carbocycles. The smallest absolute Gasteiger partial charge is 0.229 e. The summed E-state index contributed by atoms with van der Waals surface area (Å²) in [7, 11) is 1.54. The lowest BCUT2D eigenvalue weighted by atomic mass is 10.3. The van der Waals surface area contributed by atoms with Crippen LogP contribution in [-0.4, -0.2) is 35.1 Å². The van der Waals surface area contributed by atoms with Crippen molar-refractivity contribution in [2.24, 2.45) is 0 Å². The minimum Gasteiger partial charge on any atom is -0.390 e. The number of aliphatic hydroxyl groups excluding tert-OH is 1. The van der Waals surface area contributed by atoms with Gasteiger partial charge in [-0.1, -0.05) is 17.3 Å². The number of methoxy groups -OCH3 is 1. The van der Waals surface area contributed by atoms with Crippen LogP contribution in [0.4, 0.5) is 0 Å². The lowest BCUT2D eigenvalue weighted by Gasteiger charge is -2.04. The standard InChI is InChI=1S/C13H15BrN2O3S/c1-18-7-9(17)6-13-15-12(16-19-13)8-20-11-5-3-2-4-10(11)14/h2-5,9,17H,6-8H2,1H3. The number of nitrogens with zero attached hydrogens (tertiary/aromatic N) is 2. The number of aromatic nitrogens is 2. The quantitative estimate of drug-likeness (QED) is 0.767. The molecule has 5 nitrogen and oxygen atoms in total. The van der Waals surface area contributed by atoms with Gasteiger partial charge in [0.05, 0.1) is 24.9 Å². The van der Waals surface area contributed by atoms with Crippen molar-refractivity contribution in [2.75, 3.05) is 13.7 Å². The summed E-state index contributed by atoms with van der Waals surface area (Å²) in [6.07, 6.45) is -0.315. The van der Waals surface area contributed by atoms with Gasteiger partial charge in [0.2, 0.25) is 5.89 Å².